The number of hydrogen-bond acceptors (Lipinski definition) is 3. The van der Waals surface area contributed by atoms with Crippen LogP contribution in [0.2, 0.25) is 0 Å². The molecular weight excluding hydrogens is 230 g/mol. The van der Waals surface area contributed by atoms with Gasteiger partial charge < -0.3 is 16.4 Å². The third-order valence-electron chi connectivity index (χ3n) is 2.44. The highest BCUT2D eigenvalue weighted by molar-refractivity contribution is 5.79. The molecular formula is C13H19N3O2. The van der Waals surface area contributed by atoms with Crippen molar-refractivity contribution in [2.24, 2.45) is 5.73 Å². The molecule has 0 bridgehead atoms. The van der Waals surface area contributed by atoms with Gasteiger partial charge >= 0.3 is 0 Å². The second-order valence-electron chi connectivity index (χ2n) is 4.01. The Labute approximate surface area is 107 Å². The number of carbonyl (C=O) groups is 2. The molecule has 0 spiro atoms. The average Bonchev–Trinajstić information content (AvgIpc) is 2.36. The largest absolute Gasteiger partial charge is 0.355 e. The minimum Gasteiger partial charge on any atom is -0.355 e. The molecule has 0 saturated carbocycles. The Bertz CT molecular complexity index is 392. The van der Waals surface area contributed by atoms with Crippen molar-refractivity contribution in [2.75, 3.05) is 13.1 Å². The maximum atomic E-state index is 11.6. The van der Waals surface area contributed by atoms with Crippen LogP contribution >= 0.6 is 0 Å². The van der Waals surface area contributed by atoms with Gasteiger partial charge in [0.25, 0.3) is 0 Å². The molecule has 1 atom stereocenters. The van der Waals surface area contributed by atoms with Gasteiger partial charge in [-0.05, 0) is 5.56 Å². The first-order chi connectivity index (χ1) is 8.63. The van der Waals surface area contributed by atoms with Gasteiger partial charge in [-0.15, -0.1) is 0 Å². The van der Waals surface area contributed by atoms with Crippen molar-refractivity contribution in [2.45, 2.75) is 19.4 Å². The first-order valence-corrected chi connectivity index (χ1v) is 5.92. The topological polar surface area (TPSA) is 84.2 Å². The Morgan fingerprint density at radius 1 is 1.28 bits per heavy atom. The van der Waals surface area contributed by atoms with Gasteiger partial charge in [-0.25, -0.2) is 0 Å². The molecule has 0 aliphatic rings. The van der Waals surface area contributed by atoms with Crippen LogP contribution in [0.25, 0.3) is 0 Å². The lowest BCUT2D eigenvalue weighted by atomic mass is 10.0. The molecule has 0 saturated heterocycles. The Morgan fingerprint density at radius 3 is 2.50 bits per heavy atom. The van der Waals surface area contributed by atoms with Crippen molar-refractivity contribution in [1.82, 2.24) is 10.6 Å². The molecule has 1 aromatic rings. The van der Waals surface area contributed by atoms with Crippen LogP contribution < -0.4 is 16.4 Å². The monoisotopic (exact) mass is 249 g/mol. The zero-order chi connectivity index (χ0) is 13.4. The standard InChI is InChI=1S/C13H19N3O2/c1-10(17)16-12(9-13(18)15-8-7-14)11-5-3-2-4-6-11/h2-6,12H,7-9,14H2,1H3,(H,15,18)(H,16,17). The van der Waals surface area contributed by atoms with Crippen LogP contribution in [0.15, 0.2) is 30.3 Å². The van der Waals surface area contributed by atoms with Gasteiger partial charge in [0, 0.05) is 20.0 Å². The fourth-order valence-corrected chi connectivity index (χ4v) is 1.65. The summed E-state index contributed by atoms with van der Waals surface area (Å²) in [7, 11) is 0. The van der Waals surface area contributed by atoms with E-state index in [4.69, 9.17) is 5.73 Å². The summed E-state index contributed by atoms with van der Waals surface area (Å²) in [6, 6.07) is 9.11. The molecule has 0 aliphatic carbocycles. The van der Waals surface area contributed by atoms with Gasteiger partial charge in [0.2, 0.25) is 11.8 Å². The zero-order valence-corrected chi connectivity index (χ0v) is 10.5. The predicted molar refractivity (Wildman–Crippen MR) is 69.7 cm³/mol. The summed E-state index contributed by atoms with van der Waals surface area (Å²) < 4.78 is 0. The van der Waals surface area contributed by atoms with Crippen LogP contribution in [0.3, 0.4) is 0 Å². The second kappa shape index (κ2) is 7.45. The number of nitrogens with one attached hydrogen (secondary N) is 2. The molecule has 4 N–H and O–H groups in total. The Morgan fingerprint density at radius 2 is 1.94 bits per heavy atom. The van der Waals surface area contributed by atoms with E-state index >= 15 is 0 Å². The minimum absolute atomic E-state index is 0.122. The summed E-state index contributed by atoms with van der Waals surface area (Å²) >= 11 is 0. The number of hydrogen-bond donors (Lipinski definition) is 3. The molecule has 5 heteroatoms. The van der Waals surface area contributed by atoms with E-state index in [-0.39, 0.29) is 24.3 Å². The molecule has 0 radical (unpaired) electrons. The molecule has 1 rings (SSSR count). The normalized spacial score (nSPS) is 11.7. The molecule has 2 amide bonds. The fraction of sp³-hybridized carbons (Fsp3) is 0.385. The molecule has 18 heavy (non-hydrogen) atoms. The lowest BCUT2D eigenvalue weighted by molar-refractivity contribution is -0.122. The molecule has 0 aliphatic heterocycles. The van der Waals surface area contributed by atoms with Crippen molar-refractivity contribution in [1.29, 1.82) is 0 Å². The van der Waals surface area contributed by atoms with Gasteiger partial charge in [-0.2, -0.15) is 0 Å². The van der Waals surface area contributed by atoms with E-state index in [1.54, 1.807) is 0 Å². The van der Waals surface area contributed by atoms with Gasteiger partial charge in [0.1, 0.15) is 0 Å². The average molecular weight is 249 g/mol. The van der Waals surface area contributed by atoms with E-state index in [1.165, 1.54) is 6.92 Å². The van der Waals surface area contributed by atoms with Crippen LogP contribution in [0.4, 0.5) is 0 Å². The van der Waals surface area contributed by atoms with Crippen molar-refractivity contribution in [3.05, 3.63) is 35.9 Å². The quantitative estimate of drug-likeness (QED) is 0.679. The predicted octanol–water partition coefficient (Wildman–Crippen LogP) is 0.329. The summed E-state index contributed by atoms with van der Waals surface area (Å²) in [5.41, 5.74) is 6.23. The van der Waals surface area contributed by atoms with Gasteiger partial charge in [-0.1, -0.05) is 30.3 Å². The summed E-state index contributed by atoms with van der Waals surface area (Å²) in [6.45, 7) is 2.29. The summed E-state index contributed by atoms with van der Waals surface area (Å²) in [4.78, 5) is 22.8. The third-order valence-corrected chi connectivity index (χ3v) is 2.44. The van der Waals surface area contributed by atoms with E-state index < -0.39 is 0 Å². The van der Waals surface area contributed by atoms with Gasteiger partial charge in [-0.3, -0.25) is 9.59 Å². The van der Waals surface area contributed by atoms with Crippen molar-refractivity contribution < 1.29 is 9.59 Å². The lowest BCUT2D eigenvalue weighted by Crippen LogP contribution is -2.34. The molecule has 98 valence electrons. The minimum atomic E-state index is -0.304. The van der Waals surface area contributed by atoms with E-state index in [1.807, 2.05) is 30.3 Å². The maximum Gasteiger partial charge on any atom is 0.222 e. The highest BCUT2D eigenvalue weighted by Gasteiger charge is 2.16. The molecule has 1 aromatic carbocycles. The lowest BCUT2D eigenvalue weighted by Gasteiger charge is -2.17. The molecule has 5 nitrogen and oxygen atoms in total. The van der Waals surface area contributed by atoms with Crippen LogP contribution in [-0.2, 0) is 9.59 Å². The maximum absolute atomic E-state index is 11.6. The number of amides is 2. The van der Waals surface area contributed by atoms with Crippen molar-refractivity contribution >= 4 is 11.8 Å². The summed E-state index contributed by atoms with van der Waals surface area (Å²) in [5.74, 6) is -0.279. The molecule has 0 aromatic heterocycles. The summed E-state index contributed by atoms with van der Waals surface area (Å²) in [5, 5.41) is 5.46. The van der Waals surface area contributed by atoms with Crippen LogP contribution in [0, 0.1) is 0 Å². The first kappa shape index (κ1) is 14.2. The number of benzene rings is 1. The van der Waals surface area contributed by atoms with E-state index in [0.717, 1.165) is 5.56 Å². The van der Waals surface area contributed by atoms with E-state index in [0.29, 0.717) is 13.1 Å². The van der Waals surface area contributed by atoms with Crippen molar-refractivity contribution in [3.63, 3.8) is 0 Å². The highest BCUT2D eigenvalue weighted by Crippen LogP contribution is 2.16. The third kappa shape index (κ3) is 4.97. The Hall–Kier alpha value is -1.88. The van der Waals surface area contributed by atoms with Crippen molar-refractivity contribution in [3.8, 4) is 0 Å². The Kier molecular flexibility index (Phi) is 5.87. The van der Waals surface area contributed by atoms with Crippen LogP contribution in [-0.4, -0.2) is 24.9 Å². The second-order valence-corrected chi connectivity index (χ2v) is 4.01. The Balaban J connectivity index is 2.67. The van der Waals surface area contributed by atoms with Crippen LogP contribution in [0.5, 0.6) is 0 Å². The SMILES string of the molecule is CC(=O)NC(CC(=O)NCCN)c1ccccc1. The molecule has 1 unspecified atom stereocenters. The number of rotatable bonds is 6. The smallest absolute Gasteiger partial charge is 0.222 e. The molecule has 0 heterocycles. The fourth-order valence-electron chi connectivity index (χ4n) is 1.65. The molecule has 0 fully saturated rings. The van der Waals surface area contributed by atoms with Gasteiger partial charge in [0.15, 0.2) is 0 Å². The summed E-state index contributed by atoms with van der Waals surface area (Å²) in [6.07, 6.45) is 0.212. The van der Waals surface area contributed by atoms with Gasteiger partial charge in [0.05, 0.1) is 12.5 Å². The first-order valence-electron chi connectivity index (χ1n) is 5.92. The zero-order valence-electron chi connectivity index (χ0n) is 10.5. The number of nitrogens with two attached hydrogens (primary N) is 1. The van der Waals surface area contributed by atoms with Crippen LogP contribution in [0.1, 0.15) is 24.9 Å². The van der Waals surface area contributed by atoms with E-state index in [2.05, 4.69) is 10.6 Å². The van der Waals surface area contributed by atoms with E-state index in [9.17, 15) is 9.59 Å². The number of carbonyl (C=O) groups excluding carboxylic acids is 2. The highest BCUT2D eigenvalue weighted by atomic mass is 16.2.